The molecule has 2 aromatic rings. The highest BCUT2D eigenvalue weighted by atomic mass is 16.6. The lowest BCUT2D eigenvalue weighted by atomic mass is 10.2. The number of anilines is 1. The summed E-state index contributed by atoms with van der Waals surface area (Å²) < 4.78 is 5.33. The Labute approximate surface area is 150 Å². The van der Waals surface area contributed by atoms with Crippen LogP contribution < -0.4 is 10.6 Å². The first-order chi connectivity index (χ1) is 12.3. The average Bonchev–Trinajstić information content (AvgIpc) is 3.10. The van der Waals surface area contributed by atoms with Crippen LogP contribution in [0.4, 0.5) is 11.4 Å². The molecule has 1 unspecified atom stereocenters. The number of amides is 2. The fraction of sp³-hybridized carbons (Fsp3) is 0.294. The van der Waals surface area contributed by atoms with E-state index in [1.54, 1.807) is 25.1 Å². The van der Waals surface area contributed by atoms with E-state index in [4.69, 9.17) is 4.42 Å². The quantitative estimate of drug-likeness (QED) is 0.461. The number of carbonyl (C=O) groups excluding carboxylic acids is 2. The minimum absolute atomic E-state index is 0.0315. The molecule has 26 heavy (non-hydrogen) atoms. The molecule has 0 radical (unpaired) electrons. The summed E-state index contributed by atoms with van der Waals surface area (Å²) in [6.45, 7) is 1.84. The van der Waals surface area contributed by atoms with Crippen molar-refractivity contribution in [2.75, 3.05) is 26.0 Å². The molecular formula is C17H20N4O5. The third-order valence-corrected chi connectivity index (χ3v) is 3.76. The first-order valence-electron chi connectivity index (χ1n) is 7.83. The summed E-state index contributed by atoms with van der Waals surface area (Å²) in [6, 6.07) is 7.58. The van der Waals surface area contributed by atoms with Gasteiger partial charge in [-0.3, -0.25) is 24.6 Å². The highest BCUT2D eigenvalue weighted by Crippen LogP contribution is 2.25. The summed E-state index contributed by atoms with van der Waals surface area (Å²) in [5.41, 5.74) is 0.371. The minimum atomic E-state index is -0.978. The highest BCUT2D eigenvalue weighted by Gasteiger charge is 2.23. The molecular weight excluding hydrogens is 340 g/mol. The van der Waals surface area contributed by atoms with Gasteiger partial charge < -0.3 is 15.1 Å². The molecule has 1 aromatic heterocycles. The number of rotatable bonds is 6. The first-order valence-corrected chi connectivity index (χ1v) is 7.83. The molecule has 2 amide bonds. The van der Waals surface area contributed by atoms with Gasteiger partial charge in [-0.05, 0) is 44.8 Å². The largest absolute Gasteiger partial charge is 0.468 e. The standard InChI is InChI=1S/C17H20N4O5/c1-11-6-7-12(13(9-11)21(24)25)19-17(23)16(22)18-10-14(20(2)3)15-5-4-8-26-15/h4-9,14H,10H2,1-3H3,(H,18,22)(H,19,23). The normalized spacial score (nSPS) is 11.8. The Morgan fingerprint density at radius 3 is 2.58 bits per heavy atom. The van der Waals surface area contributed by atoms with Crippen molar-refractivity contribution in [1.82, 2.24) is 10.2 Å². The van der Waals surface area contributed by atoms with Crippen molar-refractivity contribution >= 4 is 23.2 Å². The maximum Gasteiger partial charge on any atom is 0.313 e. The Kier molecular flexibility index (Phi) is 6.07. The van der Waals surface area contributed by atoms with Gasteiger partial charge in [-0.1, -0.05) is 6.07 Å². The number of nitro groups is 1. The fourth-order valence-electron chi connectivity index (χ4n) is 2.37. The third kappa shape index (κ3) is 4.67. The summed E-state index contributed by atoms with van der Waals surface area (Å²) >= 11 is 0. The zero-order valence-electron chi connectivity index (χ0n) is 14.7. The summed E-state index contributed by atoms with van der Waals surface area (Å²) in [5.74, 6) is -1.22. The van der Waals surface area contributed by atoms with Crippen molar-refractivity contribution in [3.63, 3.8) is 0 Å². The predicted octanol–water partition coefficient (Wildman–Crippen LogP) is 1.85. The Balaban J connectivity index is 2.02. The number of nitrogens with zero attached hydrogens (tertiary/aromatic N) is 2. The lowest BCUT2D eigenvalue weighted by Crippen LogP contribution is -2.40. The lowest BCUT2D eigenvalue weighted by molar-refractivity contribution is -0.384. The number of nitro benzene ring substituents is 1. The molecule has 2 rings (SSSR count). The molecule has 2 N–H and O–H groups in total. The fourth-order valence-corrected chi connectivity index (χ4v) is 2.37. The molecule has 9 heteroatoms. The van der Waals surface area contributed by atoms with Crippen LogP contribution >= 0.6 is 0 Å². The number of benzene rings is 1. The van der Waals surface area contributed by atoms with E-state index < -0.39 is 16.7 Å². The lowest BCUT2D eigenvalue weighted by Gasteiger charge is -2.22. The molecule has 0 spiro atoms. The van der Waals surface area contributed by atoms with Crippen LogP contribution in [-0.4, -0.2) is 42.3 Å². The smallest absolute Gasteiger partial charge is 0.313 e. The van der Waals surface area contributed by atoms with E-state index in [2.05, 4.69) is 10.6 Å². The van der Waals surface area contributed by atoms with Crippen molar-refractivity contribution < 1.29 is 18.9 Å². The van der Waals surface area contributed by atoms with Gasteiger partial charge in [0.2, 0.25) is 0 Å². The van der Waals surface area contributed by atoms with Crippen LogP contribution in [0.2, 0.25) is 0 Å². The number of hydrogen-bond donors (Lipinski definition) is 2. The minimum Gasteiger partial charge on any atom is -0.468 e. The molecule has 0 bridgehead atoms. The SMILES string of the molecule is Cc1ccc(NC(=O)C(=O)NCC(c2ccco2)N(C)C)c([N+](=O)[O-])c1. The Bertz CT molecular complexity index is 801. The summed E-state index contributed by atoms with van der Waals surface area (Å²) in [4.78, 5) is 36.4. The zero-order valence-corrected chi connectivity index (χ0v) is 14.7. The molecule has 1 atom stereocenters. The van der Waals surface area contributed by atoms with Crippen molar-refractivity contribution in [2.45, 2.75) is 13.0 Å². The van der Waals surface area contributed by atoms with Gasteiger partial charge >= 0.3 is 11.8 Å². The van der Waals surface area contributed by atoms with Crippen molar-refractivity contribution in [3.05, 3.63) is 58.0 Å². The Hall–Kier alpha value is -3.20. The second kappa shape index (κ2) is 8.26. The maximum atomic E-state index is 12.1. The number of hydrogen-bond acceptors (Lipinski definition) is 6. The van der Waals surface area contributed by atoms with Crippen LogP contribution in [0.5, 0.6) is 0 Å². The van der Waals surface area contributed by atoms with Crippen molar-refractivity contribution in [3.8, 4) is 0 Å². The number of nitrogens with one attached hydrogen (secondary N) is 2. The third-order valence-electron chi connectivity index (χ3n) is 3.76. The van der Waals surface area contributed by atoms with Gasteiger partial charge in [-0.25, -0.2) is 0 Å². The molecule has 0 saturated carbocycles. The summed E-state index contributed by atoms with van der Waals surface area (Å²) in [6.07, 6.45) is 1.52. The zero-order chi connectivity index (χ0) is 19.3. The van der Waals surface area contributed by atoms with E-state index in [0.717, 1.165) is 0 Å². The van der Waals surface area contributed by atoms with Gasteiger partial charge in [0.1, 0.15) is 11.4 Å². The van der Waals surface area contributed by atoms with Gasteiger partial charge in [-0.15, -0.1) is 0 Å². The van der Waals surface area contributed by atoms with Crippen LogP contribution in [0.25, 0.3) is 0 Å². The number of carbonyl (C=O) groups is 2. The second-order valence-electron chi connectivity index (χ2n) is 5.94. The van der Waals surface area contributed by atoms with Gasteiger partial charge in [0.15, 0.2) is 0 Å². The molecule has 0 aliphatic carbocycles. The summed E-state index contributed by atoms with van der Waals surface area (Å²) in [5, 5.41) is 15.9. The van der Waals surface area contributed by atoms with Crippen molar-refractivity contribution in [2.24, 2.45) is 0 Å². The van der Waals surface area contributed by atoms with Crippen LogP contribution in [0.3, 0.4) is 0 Å². The average molecular weight is 360 g/mol. The number of likely N-dealkylation sites (N-methyl/N-ethyl adjacent to an activating group) is 1. The summed E-state index contributed by atoms with van der Waals surface area (Å²) in [7, 11) is 3.63. The van der Waals surface area contributed by atoms with Crippen LogP contribution in [0, 0.1) is 17.0 Å². The molecule has 1 aromatic carbocycles. The molecule has 9 nitrogen and oxygen atoms in total. The van der Waals surface area contributed by atoms with E-state index in [0.29, 0.717) is 11.3 Å². The maximum absolute atomic E-state index is 12.1. The van der Waals surface area contributed by atoms with Crippen molar-refractivity contribution in [1.29, 1.82) is 0 Å². The Morgan fingerprint density at radius 1 is 1.27 bits per heavy atom. The monoisotopic (exact) mass is 360 g/mol. The Morgan fingerprint density at radius 2 is 2.00 bits per heavy atom. The molecule has 0 aliphatic rings. The van der Waals surface area contributed by atoms with E-state index in [1.165, 1.54) is 18.4 Å². The highest BCUT2D eigenvalue weighted by molar-refractivity contribution is 6.39. The number of furan rings is 1. The predicted molar refractivity (Wildman–Crippen MR) is 94.6 cm³/mol. The second-order valence-corrected chi connectivity index (χ2v) is 5.94. The molecule has 0 fully saturated rings. The van der Waals surface area contributed by atoms with Crippen LogP contribution in [0.15, 0.2) is 41.0 Å². The van der Waals surface area contributed by atoms with E-state index >= 15 is 0 Å². The number of aryl methyl sites for hydroxylation is 1. The van der Waals surface area contributed by atoms with E-state index in [-0.39, 0.29) is 24.0 Å². The van der Waals surface area contributed by atoms with Crippen LogP contribution in [-0.2, 0) is 9.59 Å². The van der Waals surface area contributed by atoms with Gasteiger partial charge in [0.05, 0.1) is 17.2 Å². The van der Waals surface area contributed by atoms with Crippen LogP contribution in [0.1, 0.15) is 17.4 Å². The van der Waals surface area contributed by atoms with Gasteiger partial charge in [0.25, 0.3) is 5.69 Å². The van der Waals surface area contributed by atoms with E-state index in [9.17, 15) is 19.7 Å². The molecule has 0 saturated heterocycles. The molecule has 138 valence electrons. The molecule has 1 heterocycles. The molecule has 0 aliphatic heterocycles. The van der Waals surface area contributed by atoms with E-state index in [1.807, 2.05) is 19.0 Å². The topological polar surface area (TPSA) is 118 Å². The van der Waals surface area contributed by atoms with Gasteiger partial charge in [-0.2, -0.15) is 0 Å². The first kappa shape index (κ1) is 19.1. The van der Waals surface area contributed by atoms with Gasteiger partial charge in [0, 0.05) is 12.6 Å².